The molecule has 2 aromatic carbocycles. The highest BCUT2D eigenvalue weighted by molar-refractivity contribution is 9.10. The molecule has 0 fully saturated rings. The van der Waals surface area contributed by atoms with Crippen LogP contribution in [0.2, 0.25) is 0 Å². The van der Waals surface area contributed by atoms with Gasteiger partial charge in [-0.15, -0.1) is 0 Å². The summed E-state index contributed by atoms with van der Waals surface area (Å²) in [6.07, 6.45) is 0. The molecule has 136 valence electrons. The van der Waals surface area contributed by atoms with Gasteiger partial charge in [-0.2, -0.15) is 0 Å². The molecule has 0 heterocycles. The van der Waals surface area contributed by atoms with Crippen molar-refractivity contribution in [2.24, 2.45) is 0 Å². The van der Waals surface area contributed by atoms with Gasteiger partial charge < -0.3 is 4.74 Å². The number of carbonyl (C=O) groups is 2. The highest BCUT2D eigenvalue weighted by Crippen LogP contribution is 2.21. The number of carbonyl (C=O) groups excluding carboxylic acids is 2. The van der Waals surface area contributed by atoms with Gasteiger partial charge in [0.1, 0.15) is 5.75 Å². The zero-order valence-electron chi connectivity index (χ0n) is 14.3. The Labute approximate surface area is 165 Å². The predicted octanol–water partition coefficient (Wildman–Crippen LogP) is 2.78. The highest BCUT2D eigenvalue weighted by Gasteiger charge is 2.10. The maximum absolute atomic E-state index is 12.1. The van der Waals surface area contributed by atoms with E-state index in [0.717, 1.165) is 15.6 Å². The summed E-state index contributed by atoms with van der Waals surface area (Å²) in [5, 5.41) is 2.41. The second-order valence-electron chi connectivity index (χ2n) is 5.47. The molecule has 0 aromatic heterocycles. The lowest BCUT2D eigenvalue weighted by Crippen LogP contribution is -2.49. The van der Waals surface area contributed by atoms with Crippen molar-refractivity contribution in [2.45, 2.75) is 13.8 Å². The average Bonchev–Trinajstić information content (AvgIpc) is 2.61. The van der Waals surface area contributed by atoms with E-state index in [1.54, 1.807) is 18.2 Å². The molecule has 2 amide bonds. The van der Waals surface area contributed by atoms with Crippen molar-refractivity contribution in [1.29, 1.82) is 0 Å². The first-order chi connectivity index (χ1) is 12.4. The molecule has 8 heteroatoms. The Kier molecular flexibility index (Phi) is 7.11. The predicted molar refractivity (Wildman–Crippen MR) is 107 cm³/mol. The van der Waals surface area contributed by atoms with E-state index in [1.807, 2.05) is 38.1 Å². The van der Waals surface area contributed by atoms with E-state index in [0.29, 0.717) is 11.3 Å². The van der Waals surface area contributed by atoms with Crippen LogP contribution in [0.15, 0.2) is 46.9 Å². The molecule has 0 unspecified atom stereocenters. The van der Waals surface area contributed by atoms with E-state index in [-0.39, 0.29) is 17.6 Å². The Morgan fingerprint density at radius 3 is 2.50 bits per heavy atom. The number of amides is 2. The van der Waals surface area contributed by atoms with Gasteiger partial charge in [0.2, 0.25) is 0 Å². The SMILES string of the molecule is Cc1cc(OCC(=O)NC(=S)NNC(=O)c2ccccc2C)ccc1Br. The Balaban J connectivity index is 1.76. The molecule has 26 heavy (non-hydrogen) atoms. The number of hydrazine groups is 1. The first kappa shape index (κ1) is 19.9. The lowest BCUT2D eigenvalue weighted by molar-refractivity contribution is -0.121. The summed E-state index contributed by atoms with van der Waals surface area (Å²) in [6.45, 7) is 3.55. The van der Waals surface area contributed by atoms with Crippen LogP contribution in [0, 0.1) is 13.8 Å². The van der Waals surface area contributed by atoms with Crippen LogP contribution < -0.4 is 20.9 Å². The molecule has 0 aliphatic heterocycles. The third-order valence-corrected chi connectivity index (χ3v) is 4.53. The van der Waals surface area contributed by atoms with Gasteiger partial charge in [0, 0.05) is 10.0 Å². The molecule has 2 aromatic rings. The summed E-state index contributed by atoms with van der Waals surface area (Å²) in [6, 6.07) is 12.5. The van der Waals surface area contributed by atoms with Gasteiger partial charge in [0.05, 0.1) is 0 Å². The van der Waals surface area contributed by atoms with Crippen molar-refractivity contribution < 1.29 is 14.3 Å². The molecule has 2 rings (SSSR count). The van der Waals surface area contributed by atoms with Crippen LogP contribution in [-0.4, -0.2) is 23.5 Å². The van der Waals surface area contributed by atoms with Crippen molar-refractivity contribution in [3.05, 3.63) is 63.6 Å². The number of aryl methyl sites for hydroxylation is 2. The number of nitrogens with one attached hydrogen (secondary N) is 3. The summed E-state index contributed by atoms with van der Waals surface area (Å²) in [5.41, 5.74) is 7.28. The number of halogens is 1. The summed E-state index contributed by atoms with van der Waals surface area (Å²) in [5.74, 6) is -0.206. The van der Waals surface area contributed by atoms with E-state index in [2.05, 4.69) is 32.1 Å². The van der Waals surface area contributed by atoms with Crippen LogP contribution >= 0.6 is 28.1 Å². The fraction of sp³-hybridized carbons (Fsp3) is 0.167. The molecule has 0 saturated heterocycles. The van der Waals surface area contributed by atoms with Gasteiger partial charge in [-0.05, 0) is 61.5 Å². The third-order valence-electron chi connectivity index (χ3n) is 3.43. The van der Waals surface area contributed by atoms with Crippen molar-refractivity contribution in [3.8, 4) is 5.75 Å². The molecule has 6 nitrogen and oxygen atoms in total. The number of ether oxygens (including phenoxy) is 1. The normalized spacial score (nSPS) is 9.96. The zero-order chi connectivity index (χ0) is 19.1. The Bertz CT molecular complexity index is 842. The maximum atomic E-state index is 12.1. The molecular formula is C18H18BrN3O3S. The van der Waals surface area contributed by atoms with E-state index in [4.69, 9.17) is 17.0 Å². The second-order valence-corrected chi connectivity index (χ2v) is 6.73. The Hall–Kier alpha value is -2.45. The molecule has 0 aliphatic rings. The topological polar surface area (TPSA) is 79.5 Å². The largest absolute Gasteiger partial charge is 0.484 e. The minimum atomic E-state index is -0.437. The summed E-state index contributed by atoms with van der Waals surface area (Å²) >= 11 is 8.38. The first-order valence-corrected chi connectivity index (χ1v) is 8.91. The number of hydrogen-bond donors (Lipinski definition) is 3. The molecular weight excluding hydrogens is 418 g/mol. The second kappa shape index (κ2) is 9.30. The summed E-state index contributed by atoms with van der Waals surface area (Å²) in [4.78, 5) is 23.9. The summed E-state index contributed by atoms with van der Waals surface area (Å²) < 4.78 is 6.37. The number of rotatable bonds is 4. The average molecular weight is 436 g/mol. The number of benzene rings is 2. The number of hydrogen-bond acceptors (Lipinski definition) is 4. The monoisotopic (exact) mass is 435 g/mol. The van der Waals surface area contributed by atoms with E-state index in [9.17, 15) is 9.59 Å². The van der Waals surface area contributed by atoms with Crippen molar-refractivity contribution in [3.63, 3.8) is 0 Å². The standard InChI is InChI=1S/C18H18BrN3O3S/c1-11-5-3-4-6-14(11)17(24)21-22-18(26)20-16(23)10-25-13-7-8-15(19)12(2)9-13/h3-9H,10H2,1-2H3,(H,21,24)(H2,20,22,23,26). The van der Waals surface area contributed by atoms with E-state index < -0.39 is 5.91 Å². The van der Waals surface area contributed by atoms with Crippen molar-refractivity contribution >= 4 is 45.1 Å². The van der Waals surface area contributed by atoms with Gasteiger partial charge in [0.15, 0.2) is 11.7 Å². The third kappa shape index (κ3) is 5.82. The fourth-order valence-corrected chi connectivity index (χ4v) is 2.47. The lowest BCUT2D eigenvalue weighted by atomic mass is 10.1. The lowest BCUT2D eigenvalue weighted by Gasteiger charge is -2.12. The van der Waals surface area contributed by atoms with Crippen LogP contribution in [0.5, 0.6) is 5.75 Å². The van der Waals surface area contributed by atoms with E-state index in [1.165, 1.54) is 0 Å². The van der Waals surface area contributed by atoms with Crippen molar-refractivity contribution in [1.82, 2.24) is 16.2 Å². The summed E-state index contributed by atoms with van der Waals surface area (Å²) in [7, 11) is 0. The van der Waals surface area contributed by atoms with Crippen LogP contribution in [0.25, 0.3) is 0 Å². The molecule has 0 radical (unpaired) electrons. The molecule has 0 atom stereocenters. The van der Waals surface area contributed by atoms with Crippen LogP contribution in [0.4, 0.5) is 0 Å². The maximum Gasteiger partial charge on any atom is 0.269 e. The fourth-order valence-electron chi connectivity index (χ4n) is 2.06. The van der Waals surface area contributed by atoms with Gasteiger partial charge in [-0.3, -0.25) is 25.8 Å². The van der Waals surface area contributed by atoms with Gasteiger partial charge in [-0.1, -0.05) is 34.1 Å². The molecule has 3 N–H and O–H groups in total. The molecule has 0 aliphatic carbocycles. The molecule has 0 saturated carbocycles. The minimum Gasteiger partial charge on any atom is -0.484 e. The van der Waals surface area contributed by atoms with Gasteiger partial charge in [0.25, 0.3) is 11.8 Å². The minimum absolute atomic E-state index is 0.0208. The zero-order valence-corrected chi connectivity index (χ0v) is 16.7. The van der Waals surface area contributed by atoms with Crippen LogP contribution in [0.3, 0.4) is 0 Å². The molecule has 0 bridgehead atoms. The Morgan fingerprint density at radius 2 is 1.81 bits per heavy atom. The van der Waals surface area contributed by atoms with Gasteiger partial charge >= 0.3 is 0 Å². The van der Waals surface area contributed by atoms with E-state index >= 15 is 0 Å². The smallest absolute Gasteiger partial charge is 0.269 e. The highest BCUT2D eigenvalue weighted by atomic mass is 79.9. The van der Waals surface area contributed by atoms with Gasteiger partial charge in [-0.25, -0.2) is 0 Å². The first-order valence-electron chi connectivity index (χ1n) is 7.71. The quantitative estimate of drug-likeness (QED) is 0.508. The van der Waals surface area contributed by atoms with Crippen molar-refractivity contribution in [2.75, 3.05) is 6.61 Å². The van der Waals surface area contributed by atoms with Crippen LogP contribution in [0.1, 0.15) is 21.5 Å². The number of thiocarbonyl (C=S) groups is 1. The molecule has 0 spiro atoms. The van der Waals surface area contributed by atoms with Crippen LogP contribution in [-0.2, 0) is 4.79 Å². The Morgan fingerprint density at radius 1 is 1.08 bits per heavy atom.